The first-order valence-corrected chi connectivity index (χ1v) is 6.93. The van der Waals surface area contributed by atoms with E-state index in [1.54, 1.807) is 12.5 Å². The minimum atomic E-state index is 0.122. The first-order chi connectivity index (χ1) is 9.34. The maximum Gasteiger partial charge on any atom is 0.133 e. The lowest BCUT2D eigenvalue weighted by atomic mass is 10.1. The van der Waals surface area contributed by atoms with Crippen LogP contribution < -0.4 is 5.32 Å². The standard InChI is InChI=1S/C14H19N5/c1-10(13-15-7-8-16-13)19-14-11-5-3-2-4-6-12(11)17-9-18-14/h7-10H,2-6H2,1H3,(H,15,16)(H,17,18,19). The van der Waals surface area contributed by atoms with Gasteiger partial charge in [-0.15, -0.1) is 0 Å². The van der Waals surface area contributed by atoms with E-state index in [0.29, 0.717) is 0 Å². The van der Waals surface area contributed by atoms with Gasteiger partial charge in [0, 0.05) is 23.7 Å². The Labute approximate surface area is 112 Å². The topological polar surface area (TPSA) is 66.5 Å². The first kappa shape index (κ1) is 12.1. The van der Waals surface area contributed by atoms with Crippen LogP contribution in [0.4, 0.5) is 5.82 Å². The van der Waals surface area contributed by atoms with Gasteiger partial charge in [-0.05, 0) is 32.6 Å². The highest BCUT2D eigenvalue weighted by atomic mass is 15.1. The summed E-state index contributed by atoms with van der Waals surface area (Å²) < 4.78 is 0. The zero-order chi connectivity index (χ0) is 13.1. The van der Waals surface area contributed by atoms with Crippen molar-refractivity contribution in [3.63, 3.8) is 0 Å². The number of hydrogen-bond donors (Lipinski definition) is 2. The molecule has 2 heterocycles. The van der Waals surface area contributed by atoms with Crippen LogP contribution in [-0.4, -0.2) is 19.9 Å². The van der Waals surface area contributed by atoms with Gasteiger partial charge < -0.3 is 10.3 Å². The van der Waals surface area contributed by atoms with Crippen molar-refractivity contribution in [2.24, 2.45) is 0 Å². The third-order valence-electron chi connectivity index (χ3n) is 3.66. The molecule has 3 rings (SSSR count). The van der Waals surface area contributed by atoms with Crippen molar-refractivity contribution >= 4 is 5.82 Å². The minimum absolute atomic E-state index is 0.122. The number of aromatic amines is 1. The molecule has 2 N–H and O–H groups in total. The normalized spacial score (nSPS) is 16.5. The van der Waals surface area contributed by atoms with E-state index in [-0.39, 0.29) is 6.04 Å². The maximum atomic E-state index is 4.44. The summed E-state index contributed by atoms with van der Waals surface area (Å²) in [4.78, 5) is 16.3. The molecule has 0 aliphatic heterocycles. The third kappa shape index (κ3) is 2.59. The van der Waals surface area contributed by atoms with Crippen LogP contribution in [0.15, 0.2) is 18.7 Å². The van der Waals surface area contributed by atoms with E-state index in [9.17, 15) is 0 Å². The average molecular weight is 257 g/mol. The van der Waals surface area contributed by atoms with Gasteiger partial charge in [-0.25, -0.2) is 15.0 Å². The molecule has 5 nitrogen and oxygen atoms in total. The first-order valence-electron chi connectivity index (χ1n) is 6.93. The summed E-state index contributed by atoms with van der Waals surface area (Å²) in [7, 11) is 0. The second kappa shape index (κ2) is 5.38. The molecule has 2 aromatic heterocycles. The molecular formula is C14H19N5. The number of H-pyrrole nitrogens is 1. The molecule has 100 valence electrons. The zero-order valence-corrected chi connectivity index (χ0v) is 11.2. The lowest BCUT2D eigenvalue weighted by Crippen LogP contribution is -2.13. The molecular weight excluding hydrogens is 238 g/mol. The fourth-order valence-corrected chi connectivity index (χ4v) is 2.61. The number of nitrogens with one attached hydrogen (secondary N) is 2. The third-order valence-corrected chi connectivity index (χ3v) is 3.66. The molecule has 0 saturated heterocycles. The molecule has 0 bridgehead atoms. The lowest BCUT2D eigenvalue weighted by molar-refractivity contribution is 0.708. The Morgan fingerprint density at radius 1 is 1.16 bits per heavy atom. The van der Waals surface area contributed by atoms with Crippen molar-refractivity contribution in [2.75, 3.05) is 5.32 Å². The maximum absolute atomic E-state index is 4.44. The van der Waals surface area contributed by atoms with Gasteiger partial charge in [-0.3, -0.25) is 0 Å². The molecule has 5 heteroatoms. The number of rotatable bonds is 3. The van der Waals surface area contributed by atoms with Crippen LogP contribution >= 0.6 is 0 Å². The number of aromatic nitrogens is 4. The lowest BCUT2D eigenvalue weighted by Gasteiger charge is -2.16. The average Bonchev–Trinajstić information content (AvgIpc) is 2.84. The van der Waals surface area contributed by atoms with Crippen molar-refractivity contribution in [2.45, 2.75) is 45.1 Å². The van der Waals surface area contributed by atoms with Gasteiger partial charge >= 0.3 is 0 Å². The van der Waals surface area contributed by atoms with Gasteiger partial charge in [0.15, 0.2) is 0 Å². The SMILES string of the molecule is CC(Nc1ncnc2c1CCCCC2)c1ncc[nH]1. The number of fused-ring (bicyclic) bond motifs is 1. The molecule has 19 heavy (non-hydrogen) atoms. The Balaban J connectivity index is 1.85. The second-order valence-corrected chi connectivity index (χ2v) is 5.05. The van der Waals surface area contributed by atoms with E-state index in [0.717, 1.165) is 24.5 Å². The summed E-state index contributed by atoms with van der Waals surface area (Å²) >= 11 is 0. The summed E-state index contributed by atoms with van der Waals surface area (Å²) in [6, 6.07) is 0.122. The van der Waals surface area contributed by atoms with Crippen LogP contribution in [0.25, 0.3) is 0 Å². The van der Waals surface area contributed by atoms with Gasteiger partial charge in [0.2, 0.25) is 0 Å². The quantitative estimate of drug-likeness (QED) is 0.830. The fourth-order valence-electron chi connectivity index (χ4n) is 2.61. The van der Waals surface area contributed by atoms with Crippen molar-refractivity contribution in [3.8, 4) is 0 Å². The molecule has 0 spiro atoms. The van der Waals surface area contributed by atoms with Gasteiger partial charge in [0.25, 0.3) is 0 Å². The zero-order valence-electron chi connectivity index (χ0n) is 11.2. The Morgan fingerprint density at radius 2 is 2.05 bits per heavy atom. The molecule has 0 amide bonds. The molecule has 0 saturated carbocycles. The molecule has 1 aliphatic carbocycles. The van der Waals surface area contributed by atoms with Crippen molar-refractivity contribution in [3.05, 3.63) is 35.8 Å². The molecule has 2 aromatic rings. The Hall–Kier alpha value is -1.91. The Bertz CT molecular complexity index is 535. The largest absolute Gasteiger partial charge is 0.360 e. The predicted molar refractivity (Wildman–Crippen MR) is 73.9 cm³/mol. The monoisotopic (exact) mass is 257 g/mol. The Kier molecular flexibility index (Phi) is 3.44. The number of nitrogens with zero attached hydrogens (tertiary/aromatic N) is 3. The number of imidazole rings is 1. The van der Waals surface area contributed by atoms with Crippen LogP contribution in [0.1, 0.15) is 49.3 Å². The number of hydrogen-bond acceptors (Lipinski definition) is 4. The number of anilines is 1. The van der Waals surface area contributed by atoms with E-state index in [4.69, 9.17) is 0 Å². The summed E-state index contributed by atoms with van der Waals surface area (Å²) in [6.07, 6.45) is 11.2. The molecule has 0 fully saturated rings. The van der Waals surface area contributed by atoms with Crippen molar-refractivity contribution in [1.82, 2.24) is 19.9 Å². The smallest absolute Gasteiger partial charge is 0.133 e. The van der Waals surface area contributed by atoms with Crippen LogP contribution in [0, 0.1) is 0 Å². The molecule has 1 aliphatic rings. The van der Waals surface area contributed by atoms with E-state index in [2.05, 4.69) is 32.2 Å². The molecule has 1 unspecified atom stereocenters. The van der Waals surface area contributed by atoms with Gasteiger partial charge in [-0.2, -0.15) is 0 Å². The highest BCUT2D eigenvalue weighted by Crippen LogP contribution is 2.25. The van der Waals surface area contributed by atoms with Crippen LogP contribution in [0.2, 0.25) is 0 Å². The van der Waals surface area contributed by atoms with Gasteiger partial charge in [0.1, 0.15) is 18.0 Å². The van der Waals surface area contributed by atoms with Crippen molar-refractivity contribution in [1.29, 1.82) is 0 Å². The second-order valence-electron chi connectivity index (χ2n) is 5.05. The fraction of sp³-hybridized carbons (Fsp3) is 0.500. The van der Waals surface area contributed by atoms with Crippen LogP contribution in [-0.2, 0) is 12.8 Å². The number of aryl methyl sites for hydroxylation is 1. The van der Waals surface area contributed by atoms with E-state index < -0.39 is 0 Å². The molecule has 0 radical (unpaired) electrons. The Morgan fingerprint density at radius 3 is 2.89 bits per heavy atom. The van der Waals surface area contributed by atoms with Crippen molar-refractivity contribution < 1.29 is 0 Å². The van der Waals surface area contributed by atoms with Gasteiger partial charge in [0.05, 0.1) is 6.04 Å². The van der Waals surface area contributed by atoms with E-state index in [1.165, 1.54) is 30.5 Å². The minimum Gasteiger partial charge on any atom is -0.360 e. The highest BCUT2D eigenvalue weighted by Gasteiger charge is 2.16. The highest BCUT2D eigenvalue weighted by molar-refractivity contribution is 5.47. The van der Waals surface area contributed by atoms with E-state index >= 15 is 0 Å². The summed E-state index contributed by atoms with van der Waals surface area (Å²) in [5, 5.41) is 3.46. The summed E-state index contributed by atoms with van der Waals surface area (Å²) in [5.74, 6) is 1.90. The van der Waals surface area contributed by atoms with Crippen LogP contribution in [0.3, 0.4) is 0 Å². The molecule has 1 atom stereocenters. The van der Waals surface area contributed by atoms with Gasteiger partial charge in [-0.1, -0.05) is 6.42 Å². The predicted octanol–water partition coefficient (Wildman–Crippen LogP) is 2.64. The summed E-state index contributed by atoms with van der Waals surface area (Å²) in [5.41, 5.74) is 2.50. The molecule has 0 aromatic carbocycles. The van der Waals surface area contributed by atoms with Crippen LogP contribution in [0.5, 0.6) is 0 Å². The van der Waals surface area contributed by atoms with E-state index in [1.807, 2.05) is 6.20 Å². The summed E-state index contributed by atoms with van der Waals surface area (Å²) in [6.45, 7) is 2.09.